The number of hydrogen-bond donors (Lipinski definition) is 1. The van der Waals surface area contributed by atoms with E-state index in [1.165, 1.54) is 19.3 Å². The van der Waals surface area contributed by atoms with E-state index in [4.69, 9.17) is 10.5 Å². The van der Waals surface area contributed by atoms with Crippen molar-refractivity contribution in [2.75, 3.05) is 19.6 Å². The largest absolute Gasteiger partial charge is 0.444 e. The lowest BCUT2D eigenvalue weighted by Gasteiger charge is -2.43. The van der Waals surface area contributed by atoms with Crippen LogP contribution in [0.1, 0.15) is 46.5 Å². The van der Waals surface area contributed by atoms with Crippen LogP contribution in [0.5, 0.6) is 0 Å². The van der Waals surface area contributed by atoms with Gasteiger partial charge in [-0.25, -0.2) is 4.79 Å². The third-order valence-electron chi connectivity index (χ3n) is 4.46. The van der Waals surface area contributed by atoms with Crippen LogP contribution in [0, 0.1) is 17.8 Å². The first kappa shape index (κ1) is 14.6. The van der Waals surface area contributed by atoms with Gasteiger partial charge in [-0.3, -0.25) is 0 Å². The summed E-state index contributed by atoms with van der Waals surface area (Å²) in [7, 11) is 0. The van der Waals surface area contributed by atoms with Gasteiger partial charge in [0.15, 0.2) is 0 Å². The molecular formula is C15H28N2O2. The predicted octanol–water partition coefficient (Wildman–Crippen LogP) is 2.62. The van der Waals surface area contributed by atoms with E-state index in [0.29, 0.717) is 11.8 Å². The van der Waals surface area contributed by atoms with E-state index >= 15 is 0 Å². The zero-order valence-electron chi connectivity index (χ0n) is 12.5. The molecule has 0 aromatic carbocycles. The Kier molecular flexibility index (Phi) is 4.39. The molecule has 2 fully saturated rings. The zero-order chi connectivity index (χ0) is 14.0. The van der Waals surface area contributed by atoms with Crippen LogP contribution in [-0.4, -0.2) is 36.2 Å². The van der Waals surface area contributed by atoms with Gasteiger partial charge in [0.05, 0.1) is 0 Å². The number of amides is 1. The molecule has 4 nitrogen and oxygen atoms in total. The highest BCUT2D eigenvalue weighted by Gasteiger charge is 2.36. The van der Waals surface area contributed by atoms with Crippen LogP contribution in [0.3, 0.4) is 0 Å². The third-order valence-corrected chi connectivity index (χ3v) is 4.46. The summed E-state index contributed by atoms with van der Waals surface area (Å²) in [5, 5.41) is 0. The molecule has 2 N–H and O–H groups in total. The highest BCUT2D eigenvalue weighted by Crippen LogP contribution is 2.38. The number of nitrogens with two attached hydrogens (primary N) is 1. The summed E-state index contributed by atoms with van der Waals surface area (Å²) < 4.78 is 5.47. The highest BCUT2D eigenvalue weighted by molar-refractivity contribution is 5.68. The molecule has 0 aromatic heterocycles. The first-order chi connectivity index (χ1) is 8.89. The van der Waals surface area contributed by atoms with E-state index in [0.717, 1.165) is 32.0 Å². The molecule has 1 saturated carbocycles. The second kappa shape index (κ2) is 5.70. The summed E-state index contributed by atoms with van der Waals surface area (Å²) >= 11 is 0. The smallest absolute Gasteiger partial charge is 0.410 e. The van der Waals surface area contributed by atoms with Gasteiger partial charge in [0.2, 0.25) is 0 Å². The van der Waals surface area contributed by atoms with Crippen LogP contribution < -0.4 is 5.73 Å². The quantitative estimate of drug-likeness (QED) is 0.795. The van der Waals surface area contributed by atoms with Crippen molar-refractivity contribution in [1.82, 2.24) is 4.90 Å². The first-order valence-corrected chi connectivity index (χ1v) is 7.57. The van der Waals surface area contributed by atoms with Crippen molar-refractivity contribution in [3.63, 3.8) is 0 Å². The number of fused-ring (bicyclic) bond motifs is 1. The molecule has 19 heavy (non-hydrogen) atoms. The van der Waals surface area contributed by atoms with E-state index in [1.807, 2.05) is 25.7 Å². The van der Waals surface area contributed by atoms with Gasteiger partial charge >= 0.3 is 6.09 Å². The molecule has 4 heteroatoms. The Bertz CT molecular complexity index is 325. The van der Waals surface area contributed by atoms with E-state index in [1.54, 1.807) is 0 Å². The molecule has 3 unspecified atom stereocenters. The lowest BCUT2D eigenvalue weighted by molar-refractivity contribution is 0.00229. The zero-order valence-corrected chi connectivity index (χ0v) is 12.5. The Hall–Kier alpha value is -0.770. The van der Waals surface area contributed by atoms with Gasteiger partial charge in [-0.1, -0.05) is 0 Å². The molecule has 2 rings (SSSR count). The fourth-order valence-electron chi connectivity index (χ4n) is 3.42. The van der Waals surface area contributed by atoms with Gasteiger partial charge in [0.25, 0.3) is 0 Å². The van der Waals surface area contributed by atoms with Gasteiger partial charge in [-0.2, -0.15) is 0 Å². The molecule has 0 radical (unpaired) electrons. The fraction of sp³-hybridized carbons (Fsp3) is 0.933. The molecular weight excluding hydrogens is 240 g/mol. The van der Waals surface area contributed by atoms with Crippen molar-refractivity contribution in [2.24, 2.45) is 23.5 Å². The predicted molar refractivity (Wildman–Crippen MR) is 75.8 cm³/mol. The average Bonchev–Trinajstić information content (AvgIpc) is 2.35. The van der Waals surface area contributed by atoms with Gasteiger partial charge in [-0.05, 0) is 70.8 Å². The Balaban J connectivity index is 1.87. The van der Waals surface area contributed by atoms with Crippen LogP contribution in [0.2, 0.25) is 0 Å². The Morgan fingerprint density at radius 2 is 2.00 bits per heavy atom. The normalized spacial score (nSPS) is 31.8. The van der Waals surface area contributed by atoms with E-state index in [9.17, 15) is 4.79 Å². The monoisotopic (exact) mass is 268 g/mol. The van der Waals surface area contributed by atoms with Crippen LogP contribution in [0.4, 0.5) is 4.79 Å². The van der Waals surface area contributed by atoms with Crippen molar-refractivity contribution >= 4 is 6.09 Å². The number of carbonyl (C=O) groups is 1. The van der Waals surface area contributed by atoms with Crippen molar-refractivity contribution in [1.29, 1.82) is 0 Å². The van der Waals surface area contributed by atoms with Crippen molar-refractivity contribution < 1.29 is 9.53 Å². The number of likely N-dealkylation sites (tertiary alicyclic amines) is 1. The molecule has 3 atom stereocenters. The molecule has 1 amide bonds. The summed E-state index contributed by atoms with van der Waals surface area (Å²) in [5.41, 5.74) is 5.39. The van der Waals surface area contributed by atoms with Crippen molar-refractivity contribution in [3.8, 4) is 0 Å². The van der Waals surface area contributed by atoms with Crippen LogP contribution in [0.15, 0.2) is 0 Å². The summed E-state index contributed by atoms with van der Waals surface area (Å²) in [6.07, 6.45) is 4.65. The molecule has 2 aliphatic rings. The van der Waals surface area contributed by atoms with Gasteiger partial charge in [-0.15, -0.1) is 0 Å². The minimum atomic E-state index is -0.398. The SMILES string of the molecule is CC(C)(C)OC(=O)N1CCC2CC(CN)CCC2C1. The Morgan fingerprint density at radius 1 is 1.26 bits per heavy atom. The van der Waals surface area contributed by atoms with Gasteiger partial charge in [0, 0.05) is 13.1 Å². The Labute approximate surface area is 116 Å². The summed E-state index contributed by atoms with van der Waals surface area (Å²) in [4.78, 5) is 14.0. The number of ether oxygens (including phenoxy) is 1. The molecule has 1 saturated heterocycles. The van der Waals surface area contributed by atoms with E-state index in [2.05, 4.69) is 0 Å². The third kappa shape index (κ3) is 3.85. The standard InChI is InChI=1S/C15H28N2O2/c1-15(2,3)19-14(18)17-7-6-12-8-11(9-16)4-5-13(12)10-17/h11-13H,4-10,16H2,1-3H3. The minimum Gasteiger partial charge on any atom is -0.444 e. The Morgan fingerprint density at radius 3 is 2.63 bits per heavy atom. The van der Waals surface area contributed by atoms with Crippen LogP contribution in [-0.2, 0) is 4.74 Å². The molecule has 0 spiro atoms. The summed E-state index contributed by atoms with van der Waals surface area (Å²) in [6, 6.07) is 0. The minimum absolute atomic E-state index is 0.146. The maximum absolute atomic E-state index is 12.1. The summed E-state index contributed by atoms with van der Waals surface area (Å²) in [6.45, 7) is 8.29. The maximum atomic E-state index is 12.1. The average molecular weight is 268 g/mol. The number of rotatable bonds is 1. The lowest BCUT2D eigenvalue weighted by atomic mass is 9.71. The van der Waals surface area contributed by atoms with Gasteiger partial charge in [0.1, 0.15) is 5.60 Å². The van der Waals surface area contributed by atoms with Crippen molar-refractivity contribution in [3.05, 3.63) is 0 Å². The van der Waals surface area contributed by atoms with Crippen molar-refractivity contribution in [2.45, 2.75) is 52.1 Å². The number of piperidine rings is 1. The van der Waals surface area contributed by atoms with Crippen LogP contribution in [0.25, 0.3) is 0 Å². The van der Waals surface area contributed by atoms with Crippen LogP contribution >= 0.6 is 0 Å². The first-order valence-electron chi connectivity index (χ1n) is 7.57. The second-order valence-corrected chi connectivity index (χ2v) is 7.15. The molecule has 0 aromatic rings. The topological polar surface area (TPSA) is 55.6 Å². The molecule has 1 heterocycles. The molecule has 110 valence electrons. The lowest BCUT2D eigenvalue weighted by Crippen LogP contribution is -2.47. The van der Waals surface area contributed by atoms with Gasteiger partial charge < -0.3 is 15.4 Å². The number of hydrogen-bond acceptors (Lipinski definition) is 3. The maximum Gasteiger partial charge on any atom is 0.410 e. The van der Waals surface area contributed by atoms with E-state index in [-0.39, 0.29) is 6.09 Å². The number of nitrogens with zero attached hydrogens (tertiary/aromatic N) is 1. The molecule has 1 aliphatic carbocycles. The summed E-state index contributed by atoms with van der Waals surface area (Å²) in [5.74, 6) is 2.12. The molecule has 0 bridgehead atoms. The fourth-order valence-corrected chi connectivity index (χ4v) is 3.42. The number of carbonyl (C=O) groups excluding carboxylic acids is 1. The highest BCUT2D eigenvalue weighted by atomic mass is 16.6. The molecule has 1 aliphatic heterocycles. The second-order valence-electron chi connectivity index (χ2n) is 7.15. The van der Waals surface area contributed by atoms with E-state index < -0.39 is 5.60 Å².